The van der Waals surface area contributed by atoms with E-state index in [-0.39, 0.29) is 25.5 Å². The van der Waals surface area contributed by atoms with Crippen molar-refractivity contribution in [1.82, 2.24) is 15.0 Å². The predicted molar refractivity (Wildman–Crippen MR) is 171 cm³/mol. The van der Waals surface area contributed by atoms with Gasteiger partial charge in [0.2, 0.25) is 0 Å². The molecule has 213 valence electrons. The monoisotopic (exact) mass is 734 g/mol. The summed E-state index contributed by atoms with van der Waals surface area (Å²) in [6, 6.07) is 32.9. The quantitative estimate of drug-likeness (QED) is 0.134. The van der Waals surface area contributed by atoms with Crippen molar-refractivity contribution in [2.45, 2.75) is 53.3 Å². The molecular weight excluding hydrogens is 695 g/mol. The Balaban J connectivity index is 0.000000224. The van der Waals surface area contributed by atoms with Crippen molar-refractivity contribution in [2.24, 2.45) is 5.41 Å². The first kappa shape index (κ1) is 32.3. The van der Waals surface area contributed by atoms with Crippen molar-refractivity contribution in [3.05, 3.63) is 121 Å². The number of aromatic nitrogens is 3. The van der Waals surface area contributed by atoms with E-state index >= 15 is 0 Å². The van der Waals surface area contributed by atoms with Gasteiger partial charge in [-0.2, -0.15) is 0 Å². The molecule has 1 radical (unpaired) electrons. The molecule has 41 heavy (non-hydrogen) atoms. The van der Waals surface area contributed by atoms with Crippen molar-refractivity contribution < 1.29 is 20.1 Å². The van der Waals surface area contributed by atoms with E-state index in [1.165, 1.54) is 16.3 Å². The Kier molecular flexibility index (Phi) is 11.1. The van der Waals surface area contributed by atoms with Crippen LogP contribution in [0.15, 0.2) is 104 Å². The summed E-state index contributed by atoms with van der Waals surface area (Å²) in [4.78, 5) is 13.3. The van der Waals surface area contributed by atoms with Crippen LogP contribution in [-0.4, -0.2) is 23.0 Å². The van der Waals surface area contributed by atoms with Crippen LogP contribution in [-0.2, 0) is 20.1 Å². The van der Waals surface area contributed by atoms with Crippen LogP contribution in [0.1, 0.15) is 39.2 Å². The summed E-state index contributed by atoms with van der Waals surface area (Å²) in [6.07, 6.45) is 7.48. The van der Waals surface area contributed by atoms with Gasteiger partial charge in [-0.15, -0.1) is 53.6 Å². The van der Waals surface area contributed by atoms with Crippen molar-refractivity contribution in [1.29, 1.82) is 0 Å². The molecule has 0 aliphatic rings. The summed E-state index contributed by atoms with van der Waals surface area (Å²) >= 11 is 0. The first-order chi connectivity index (χ1) is 19.0. The molecule has 0 saturated carbocycles. The van der Waals surface area contributed by atoms with E-state index in [9.17, 15) is 0 Å². The van der Waals surface area contributed by atoms with E-state index in [4.69, 9.17) is 4.98 Å². The molecule has 5 rings (SSSR count). The van der Waals surface area contributed by atoms with Gasteiger partial charge in [-0.25, -0.2) is 0 Å². The average Bonchev–Trinajstić information content (AvgIpc) is 2.97. The third-order valence-electron chi connectivity index (χ3n) is 7.24. The van der Waals surface area contributed by atoms with Gasteiger partial charge in [0, 0.05) is 32.5 Å². The van der Waals surface area contributed by atoms with Crippen LogP contribution in [0.5, 0.6) is 0 Å². The van der Waals surface area contributed by atoms with Crippen molar-refractivity contribution in [3.8, 4) is 33.6 Å². The first-order valence-electron chi connectivity index (χ1n) is 13.8. The van der Waals surface area contributed by atoms with Crippen LogP contribution in [0.4, 0.5) is 0 Å². The molecule has 3 aromatic heterocycles. The zero-order valence-corrected chi connectivity index (χ0v) is 28.5. The Morgan fingerprint density at radius 2 is 1.39 bits per heavy atom. The van der Waals surface area contributed by atoms with Crippen molar-refractivity contribution in [2.75, 3.05) is 0 Å². The van der Waals surface area contributed by atoms with E-state index < -0.39 is 8.07 Å². The first-order valence-corrected chi connectivity index (χ1v) is 17.3. The van der Waals surface area contributed by atoms with Gasteiger partial charge in [-0.3, -0.25) is 0 Å². The second kappa shape index (κ2) is 14.1. The predicted octanol–water partition coefficient (Wildman–Crippen LogP) is 8.85. The maximum Gasteiger partial charge on any atom is 0.0799 e. The van der Waals surface area contributed by atoms with Crippen molar-refractivity contribution in [3.63, 3.8) is 0 Å². The van der Waals surface area contributed by atoms with Gasteiger partial charge in [-0.05, 0) is 39.0 Å². The van der Waals surface area contributed by atoms with Crippen LogP contribution >= 0.6 is 0 Å². The minimum Gasteiger partial charge on any atom is -0.360 e. The number of hydrogen-bond acceptors (Lipinski definition) is 3. The summed E-state index contributed by atoms with van der Waals surface area (Å²) < 4.78 is 0. The molecule has 0 aliphatic carbocycles. The second-order valence-electron chi connectivity index (χ2n) is 12.2. The van der Waals surface area contributed by atoms with Gasteiger partial charge in [0.1, 0.15) is 0 Å². The molecule has 0 bridgehead atoms. The van der Waals surface area contributed by atoms with Crippen LogP contribution < -0.4 is 5.19 Å². The van der Waals surface area contributed by atoms with Gasteiger partial charge in [0.15, 0.2) is 0 Å². The number of benzene rings is 2. The van der Waals surface area contributed by atoms with Crippen LogP contribution in [0.3, 0.4) is 0 Å². The average molecular weight is 734 g/mol. The number of nitrogens with zero attached hydrogens (tertiary/aromatic N) is 3. The SMILES string of the molecule is CC(c1cc(-c2[c-]cccc2)ncc1[Si](C)(C)C)C(C)(C)C.[Ir].[c-]1ccncc1-c1ccc(-c2ccccc2)cn1. The molecule has 0 N–H and O–H groups in total. The molecule has 2 aromatic carbocycles. The Bertz CT molecular complexity index is 1430. The minimum atomic E-state index is -1.42. The van der Waals surface area contributed by atoms with Gasteiger partial charge < -0.3 is 15.0 Å². The zero-order valence-electron chi connectivity index (χ0n) is 25.1. The fraction of sp³-hybridized carbons (Fsp3) is 0.250. The summed E-state index contributed by atoms with van der Waals surface area (Å²) in [5.74, 6) is 0.500. The van der Waals surface area contributed by atoms with Crippen molar-refractivity contribution >= 4 is 13.3 Å². The molecule has 1 unspecified atom stereocenters. The Labute approximate surface area is 260 Å². The minimum absolute atomic E-state index is 0. The molecule has 0 fully saturated rings. The summed E-state index contributed by atoms with van der Waals surface area (Å²) in [7, 11) is -1.42. The number of pyridine rings is 3. The summed E-state index contributed by atoms with van der Waals surface area (Å²) in [5.41, 5.74) is 7.91. The third kappa shape index (κ3) is 8.62. The molecule has 5 aromatic rings. The summed E-state index contributed by atoms with van der Waals surface area (Å²) in [5, 5.41) is 1.48. The van der Waals surface area contributed by atoms with E-state index in [1.807, 2.05) is 48.7 Å². The van der Waals surface area contributed by atoms with Crippen LogP contribution in [0.2, 0.25) is 19.6 Å². The van der Waals surface area contributed by atoms with Gasteiger partial charge in [-0.1, -0.05) is 114 Å². The molecule has 5 heteroatoms. The Morgan fingerprint density at radius 3 is 1.95 bits per heavy atom. The normalized spacial score (nSPS) is 12.0. The molecule has 0 saturated heterocycles. The molecule has 0 spiro atoms. The Morgan fingerprint density at radius 1 is 0.707 bits per heavy atom. The third-order valence-corrected chi connectivity index (χ3v) is 9.28. The Hall–Kier alpha value is -3.24. The standard InChI is InChI=1S/C20H28NSi.C16H11N2.Ir/c1-15(20(2,3)4)17-13-18(16-11-9-8-10-12-16)21-14-19(17)22(5,6)7;1-2-5-13(6-3-1)14-8-9-16(18-12-14)15-7-4-10-17-11-15;/h8-11,13-15H,1-7H3;1-6,8-12H;/q2*-1;. The van der Waals surface area contributed by atoms with E-state index in [1.54, 1.807) is 18.5 Å². The van der Waals surface area contributed by atoms with E-state index in [0.717, 1.165) is 28.1 Å². The number of rotatable bonds is 5. The fourth-order valence-corrected chi connectivity index (χ4v) is 6.05. The topological polar surface area (TPSA) is 38.7 Å². The molecule has 3 heterocycles. The smallest absolute Gasteiger partial charge is 0.0799 e. The molecule has 1 atom stereocenters. The van der Waals surface area contributed by atoms with Gasteiger partial charge >= 0.3 is 0 Å². The maximum absolute atomic E-state index is 4.74. The molecule has 0 aliphatic heterocycles. The van der Waals surface area contributed by atoms with E-state index in [2.05, 4.69) is 106 Å². The molecule has 3 nitrogen and oxygen atoms in total. The fourth-order valence-electron chi connectivity index (χ4n) is 4.44. The van der Waals surface area contributed by atoms with Gasteiger partial charge in [0.25, 0.3) is 0 Å². The maximum atomic E-state index is 4.74. The van der Waals surface area contributed by atoms with Crippen LogP contribution in [0, 0.1) is 17.5 Å². The van der Waals surface area contributed by atoms with E-state index in [0.29, 0.717) is 5.92 Å². The number of hydrogen-bond donors (Lipinski definition) is 0. The summed E-state index contributed by atoms with van der Waals surface area (Å²) in [6.45, 7) is 16.5. The van der Waals surface area contributed by atoms with Crippen LogP contribution in [0.25, 0.3) is 33.6 Å². The van der Waals surface area contributed by atoms with Gasteiger partial charge in [0.05, 0.1) is 8.07 Å². The largest absolute Gasteiger partial charge is 0.360 e. The molecular formula is C36H39IrN3Si-2. The molecule has 0 amide bonds. The zero-order chi connectivity index (χ0) is 28.8. The second-order valence-corrected chi connectivity index (χ2v) is 17.3.